The predicted octanol–water partition coefficient (Wildman–Crippen LogP) is 2.99. The number of aliphatic hydroxyl groups excluding tert-OH is 1. The van der Waals surface area contributed by atoms with Crippen LogP contribution >= 0.6 is 0 Å². The molecule has 1 aromatic heterocycles. The van der Waals surface area contributed by atoms with Crippen LogP contribution in [0.1, 0.15) is 28.6 Å². The van der Waals surface area contributed by atoms with Gasteiger partial charge in [0.2, 0.25) is 0 Å². The molecule has 0 radical (unpaired) electrons. The second-order valence-electron chi connectivity index (χ2n) is 4.12. The summed E-state index contributed by atoms with van der Waals surface area (Å²) in [6, 6.07) is 7.47. The molecule has 17 heavy (non-hydrogen) atoms. The molecule has 1 heterocycles. The van der Waals surface area contributed by atoms with Gasteiger partial charge >= 0.3 is 0 Å². The Morgan fingerprint density at radius 1 is 1.24 bits per heavy atom. The topological polar surface area (TPSA) is 42.6 Å². The number of rotatable bonds is 3. The van der Waals surface area contributed by atoms with Crippen LogP contribution in [0, 0.1) is 13.8 Å². The lowest BCUT2D eigenvalue weighted by atomic mass is 9.99. The third-order valence-corrected chi connectivity index (χ3v) is 2.84. The van der Waals surface area contributed by atoms with Crippen molar-refractivity contribution in [2.75, 3.05) is 7.11 Å². The van der Waals surface area contributed by atoms with E-state index in [1.165, 1.54) is 0 Å². The minimum Gasteiger partial charge on any atom is -0.497 e. The van der Waals surface area contributed by atoms with E-state index in [2.05, 4.69) is 0 Å². The van der Waals surface area contributed by atoms with E-state index in [0.29, 0.717) is 0 Å². The summed E-state index contributed by atoms with van der Waals surface area (Å²) in [5, 5.41) is 10.2. The molecule has 90 valence electrons. The van der Waals surface area contributed by atoms with Crippen LogP contribution in [0.3, 0.4) is 0 Å². The number of ether oxygens (including phenoxy) is 1. The predicted molar refractivity (Wildman–Crippen MR) is 65.2 cm³/mol. The molecule has 1 unspecified atom stereocenters. The standard InChI is InChI=1S/C14H16O3/c1-9-6-12(16-3)4-5-13(9)14(15)11-7-10(2)17-8-11/h4-8,14-15H,1-3H3. The maximum Gasteiger partial charge on any atom is 0.119 e. The van der Waals surface area contributed by atoms with E-state index in [4.69, 9.17) is 9.15 Å². The Balaban J connectivity index is 2.34. The highest BCUT2D eigenvalue weighted by molar-refractivity contribution is 5.39. The zero-order chi connectivity index (χ0) is 12.4. The molecule has 0 aliphatic carbocycles. The first-order chi connectivity index (χ1) is 8.11. The van der Waals surface area contributed by atoms with E-state index in [9.17, 15) is 5.11 Å². The smallest absolute Gasteiger partial charge is 0.119 e. The number of aliphatic hydroxyl groups is 1. The molecule has 0 aliphatic heterocycles. The molecule has 0 bridgehead atoms. The zero-order valence-electron chi connectivity index (χ0n) is 10.2. The van der Waals surface area contributed by atoms with Crippen LogP contribution < -0.4 is 4.74 Å². The second kappa shape index (κ2) is 4.63. The van der Waals surface area contributed by atoms with Crippen LogP contribution in [0.4, 0.5) is 0 Å². The summed E-state index contributed by atoms with van der Waals surface area (Å²) < 4.78 is 10.3. The third-order valence-electron chi connectivity index (χ3n) is 2.84. The number of furan rings is 1. The van der Waals surface area contributed by atoms with E-state index < -0.39 is 6.10 Å². The van der Waals surface area contributed by atoms with Crippen LogP contribution in [-0.4, -0.2) is 12.2 Å². The first kappa shape index (κ1) is 11.7. The Morgan fingerprint density at radius 2 is 2.00 bits per heavy atom. The number of hydrogen-bond donors (Lipinski definition) is 1. The number of hydrogen-bond acceptors (Lipinski definition) is 3. The molecule has 0 aliphatic rings. The van der Waals surface area contributed by atoms with Gasteiger partial charge in [0.1, 0.15) is 17.6 Å². The summed E-state index contributed by atoms with van der Waals surface area (Å²) in [6.07, 6.45) is 0.933. The van der Waals surface area contributed by atoms with E-state index in [1.807, 2.05) is 38.1 Å². The van der Waals surface area contributed by atoms with Crippen LogP contribution in [0.2, 0.25) is 0 Å². The minimum atomic E-state index is -0.654. The van der Waals surface area contributed by atoms with Crippen molar-refractivity contribution in [3.63, 3.8) is 0 Å². The summed E-state index contributed by atoms with van der Waals surface area (Å²) >= 11 is 0. The summed E-state index contributed by atoms with van der Waals surface area (Å²) in [5.41, 5.74) is 2.64. The van der Waals surface area contributed by atoms with Crippen LogP contribution in [-0.2, 0) is 0 Å². The van der Waals surface area contributed by atoms with Gasteiger partial charge in [-0.3, -0.25) is 0 Å². The average Bonchev–Trinajstić information content (AvgIpc) is 2.75. The summed E-state index contributed by atoms with van der Waals surface area (Å²) in [4.78, 5) is 0. The molecule has 3 nitrogen and oxygen atoms in total. The number of aryl methyl sites for hydroxylation is 2. The molecule has 0 amide bonds. The van der Waals surface area contributed by atoms with Crippen molar-refractivity contribution in [2.24, 2.45) is 0 Å². The molecule has 0 saturated heterocycles. The summed E-state index contributed by atoms with van der Waals surface area (Å²) in [7, 11) is 1.63. The Labute approximate surface area is 101 Å². The van der Waals surface area contributed by atoms with Crippen molar-refractivity contribution in [1.82, 2.24) is 0 Å². The quantitative estimate of drug-likeness (QED) is 0.884. The average molecular weight is 232 g/mol. The fraction of sp³-hybridized carbons (Fsp3) is 0.286. The van der Waals surface area contributed by atoms with Crippen molar-refractivity contribution in [3.05, 3.63) is 53.0 Å². The Morgan fingerprint density at radius 3 is 2.53 bits per heavy atom. The van der Waals surface area contributed by atoms with Crippen molar-refractivity contribution < 1.29 is 14.3 Å². The number of benzene rings is 1. The molecule has 0 fully saturated rings. The SMILES string of the molecule is COc1ccc(C(O)c2coc(C)c2)c(C)c1. The lowest BCUT2D eigenvalue weighted by molar-refractivity contribution is 0.218. The van der Waals surface area contributed by atoms with Crippen LogP contribution in [0.5, 0.6) is 5.75 Å². The fourth-order valence-corrected chi connectivity index (χ4v) is 1.87. The molecular formula is C14H16O3. The van der Waals surface area contributed by atoms with Gasteiger partial charge in [-0.2, -0.15) is 0 Å². The Bertz CT molecular complexity index is 514. The lowest BCUT2D eigenvalue weighted by Gasteiger charge is -2.13. The molecule has 3 heteroatoms. The Hall–Kier alpha value is -1.74. The first-order valence-electron chi connectivity index (χ1n) is 5.49. The zero-order valence-corrected chi connectivity index (χ0v) is 10.2. The molecular weight excluding hydrogens is 216 g/mol. The van der Waals surface area contributed by atoms with Crippen molar-refractivity contribution in [3.8, 4) is 5.75 Å². The third kappa shape index (κ3) is 2.34. The van der Waals surface area contributed by atoms with Gasteiger partial charge in [0, 0.05) is 5.56 Å². The monoisotopic (exact) mass is 232 g/mol. The van der Waals surface area contributed by atoms with E-state index in [1.54, 1.807) is 13.4 Å². The second-order valence-corrected chi connectivity index (χ2v) is 4.12. The van der Waals surface area contributed by atoms with E-state index in [-0.39, 0.29) is 0 Å². The van der Waals surface area contributed by atoms with Crippen molar-refractivity contribution in [2.45, 2.75) is 20.0 Å². The first-order valence-corrected chi connectivity index (χ1v) is 5.49. The molecule has 1 N–H and O–H groups in total. The van der Waals surface area contributed by atoms with Gasteiger partial charge in [0.25, 0.3) is 0 Å². The van der Waals surface area contributed by atoms with Gasteiger partial charge in [-0.25, -0.2) is 0 Å². The highest BCUT2D eigenvalue weighted by Crippen LogP contribution is 2.28. The van der Waals surface area contributed by atoms with Crippen molar-refractivity contribution in [1.29, 1.82) is 0 Å². The molecule has 2 rings (SSSR count). The van der Waals surface area contributed by atoms with E-state index in [0.717, 1.165) is 28.2 Å². The molecule has 2 aromatic rings. The molecule has 1 aromatic carbocycles. The minimum absolute atomic E-state index is 0.654. The Kier molecular flexibility index (Phi) is 3.20. The summed E-state index contributed by atoms with van der Waals surface area (Å²) in [6.45, 7) is 3.81. The largest absolute Gasteiger partial charge is 0.497 e. The highest BCUT2D eigenvalue weighted by atomic mass is 16.5. The van der Waals surface area contributed by atoms with Gasteiger partial charge in [0.15, 0.2) is 0 Å². The fourth-order valence-electron chi connectivity index (χ4n) is 1.87. The van der Waals surface area contributed by atoms with Gasteiger partial charge in [-0.05, 0) is 43.2 Å². The lowest BCUT2D eigenvalue weighted by Crippen LogP contribution is -2.01. The molecule has 1 atom stereocenters. The molecule has 0 spiro atoms. The van der Waals surface area contributed by atoms with Gasteiger partial charge in [0.05, 0.1) is 13.4 Å². The summed E-state index contributed by atoms with van der Waals surface area (Å²) in [5.74, 6) is 1.59. The molecule has 0 saturated carbocycles. The maximum atomic E-state index is 10.2. The highest BCUT2D eigenvalue weighted by Gasteiger charge is 2.15. The van der Waals surface area contributed by atoms with Crippen molar-refractivity contribution >= 4 is 0 Å². The maximum absolute atomic E-state index is 10.2. The van der Waals surface area contributed by atoms with Gasteiger partial charge in [-0.15, -0.1) is 0 Å². The van der Waals surface area contributed by atoms with Gasteiger partial charge < -0.3 is 14.3 Å². The van der Waals surface area contributed by atoms with E-state index >= 15 is 0 Å². The van der Waals surface area contributed by atoms with Crippen LogP contribution in [0.25, 0.3) is 0 Å². The normalized spacial score (nSPS) is 12.5. The van der Waals surface area contributed by atoms with Crippen LogP contribution in [0.15, 0.2) is 34.9 Å². The number of methoxy groups -OCH3 is 1. The van der Waals surface area contributed by atoms with Gasteiger partial charge in [-0.1, -0.05) is 6.07 Å².